The molecule has 0 saturated carbocycles. The molecule has 14 heteroatoms. The average Bonchev–Trinajstić information content (AvgIpc) is 3.47. The molecule has 3 aliphatic rings. The maximum absolute atomic E-state index is 15.3. The lowest BCUT2D eigenvalue weighted by Gasteiger charge is -2.34. The van der Waals surface area contributed by atoms with Crippen LogP contribution < -0.4 is 24.7 Å². The number of carboxylic acid groups (broad SMARTS) is 1. The fourth-order valence-corrected chi connectivity index (χ4v) is 5.43. The third-order valence-electron chi connectivity index (χ3n) is 7.32. The molecule has 12 nitrogen and oxygen atoms in total. The number of aromatic carboxylic acids is 1. The maximum atomic E-state index is 15.3. The van der Waals surface area contributed by atoms with Crippen LogP contribution in [0.25, 0.3) is 10.9 Å². The van der Waals surface area contributed by atoms with E-state index in [2.05, 4.69) is 4.98 Å². The molecule has 210 valence electrons. The molecule has 3 aromatic rings. The summed E-state index contributed by atoms with van der Waals surface area (Å²) in [7, 11) is 0. The molecule has 6 rings (SSSR count). The maximum Gasteiger partial charge on any atom is 0.414 e. The van der Waals surface area contributed by atoms with Crippen LogP contribution in [0.15, 0.2) is 35.3 Å². The van der Waals surface area contributed by atoms with E-state index < -0.39 is 52.4 Å². The Morgan fingerprint density at radius 3 is 2.73 bits per heavy atom. The van der Waals surface area contributed by atoms with E-state index in [9.17, 15) is 34.1 Å². The van der Waals surface area contributed by atoms with Gasteiger partial charge in [-0.05, 0) is 18.2 Å². The number of fused-ring (bicyclic) bond motifs is 5. The van der Waals surface area contributed by atoms with Gasteiger partial charge in [0.05, 0.1) is 42.3 Å². The Morgan fingerprint density at radius 2 is 2.02 bits per heavy atom. The zero-order valence-corrected chi connectivity index (χ0v) is 20.7. The summed E-state index contributed by atoms with van der Waals surface area (Å²) in [6, 6.07) is 4.32. The SMILES string of the molecule is O=C(O)c1c[nH]c2c3c(c(F)cc2c1=O)N1C[C@](O)(COc2ccc(N4C[C@H](CO)OC4=O)cc2F)C[C@H]1CO3. The number of aromatic nitrogens is 1. The molecule has 0 radical (unpaired) electrons. The van der Waals surface area contributed by atoms with E-state index in [0.29, 0.717) is 0 Å². The van der Waals surface area contributed by atoms with Crippen LogP contribution in [0.3, 0.4) is 0 Å². The highest BCUT2D eigenvalue weighted by molar-refractivity contribution is 5.96. The van der Waals surface area contributed by atoms with Crippen LogP contribution in [0.4, 0.5) is 25.0 Å². The molecule has 1 amide bonds. The van der Waals surface area contributed by atoms with Crippen LogP contribution in [0.1, 0.15) is 16.8 Å². The van der Waals surface area contributed by atoms with Gasteiger partial charge in [-0.25, -0.2) is 18.4 Å². The average molecular weight is 559 g/mol. The number of aromatic amines is 1. The van der Waals surface area contributed by atoms with Gasteiger partial charge in [0.2, 0.25) is 5.43 Å². The zero-order valence-electron chi connectivity index (χ0n) is 20.7. The minimum absolute atomic E-state index is 0.00705. The number of nitrogens with zero attached hydrogens (tertiary/aromatic N) is 2. The first-order valence-electron chi connectivity index (χ1n) is 12.3. The zero-order chi connectivity index (χ0) is 28.3. The second kappa shape index (κ2) is 9.34. The second-order valence-electron chi connectivity index (χ2n) is 10.0. The minimum Gasteiger partial charge on any atom is -0.487 e. The van der Waals surface area contributed by atoms with Crippen LogP contribution in [-0.2, 0) is 4.74 Å². The van der Waals surface area contributed by atoms with E-state index >= 15 is 4.39 Å². The van der Waals surface area contributed by atoms with Crippen molar-refractivity contribution in [1.29, 1.82) is 0 Å². The quantitative estimate of drug-likeness (QED) is 0.349. The number of carbonyl (C=O) groups is 2. The number of aliphatic hydroxyl groups is 2. The molecule has 1 aromatic heterocycles. The molecule has 0 aliphatic carbocycles. The number of benzene rings is 2. The molecule has 0 spiro atoms. The number of aliphatic hydroxyl groups excluding tert-OH is 1. The van der Waals surface area contributed by atoms with Crippen molar-refractivity contribution in [1.82, 2.24) is 4.98 Å². The van der Waals surface area contributed by atoms with E-state index in [-0.39, 0.29) is 73.1 Å². The summed E-state index contributed by atoms with van der Waals surface area (Å²) < 4.78 is 46.5. The summed E-state index contributed by atoms with van der Waals surface area (Å²) in [6.45, 7) is -0.675. The van der Waals surface area contributed by atoms with Gasteiger partial charge in [-0.2, -0.15) is 0 Å². The van der Waals surface area contributed by atoms with Gasteiger partial charge in [-0.3, -0.25) is 9.69 Å². The lowest BCUT2D eigenvalue weighted by Crippen LogP contribution is -2.41. The van der Waals surface area contributed by atoms with Crippen molar-refractivity contribution >= 4 is 34.3 Å². The number of rotatable bonds is 6. The summed E-state index contributed by atoms with van der Waals surface area (Å²) in [5.74, 6) is -3.21. The highest BCUT2D eigenvalue weighted by Gasteiger charge is 2.48. The minimum atomic E-state index is -1.52. The van der Waals surface area contributed by atoms with Gasteiger partial charge in [-0.15, -0.1) is 0 Å². The molecule has 4 heterocycles. The van der Waals surface area contributed by atoms with Gasteiger partial charge in [-0.1, -0.05) is 0 Å². The Balaban J connectivity index is 1.21. The normalized spacial score (nSPS) is 23.6. The summed E-state index contributed by atoms with van der Waals surface area (Å²) in [6.07, 6.45) is -0.286. The number of hydrogen-bond donors (Lipinski definition) is 4. The van der Waals surface area contributed by atoms with Crippen molar-refractivity contribution in [3.05, 3.63) is 57.9 Å². The number of nitrogens with one attached hydrogen (secondary N) is 1. The monoisotopic (exact) mass is 559 g/mol. The van der Waals surface area contributed by atoms with Gasteiger partial charge in [0, 0.05) is 18.7 Å². The molecule has 0 unspecified atom stereocenters. The molecule has 3 atom stereocenters. The molecule has 4 N–H and O–H groups in total. The molecule has 40 heavy (non-hydrogen) atoms. The predicted octanol–water partition coefficient (Wildman–Crippen LogP) is 1.60. The van der Waals surface area contributed by atoms with E-state index in [1.165, 1.54) is 17.0 Å². The summed E-state index contributed by atoms with van der Waals surface area (Å²) in [4.78, 5) is 41.3. The Kier molecular flexibility index (Phi) is 6.03. The van der Waals surface area contributed by atoms with E-state index in [1.807, 2.05) is 0 Å². The molecular weight excluding hydrogens is 536 g/mol. The Hall–Kier alpha value is -4.43. The summed E-state index contributed by atoms with van der Waals surface area (Å²) >= 11 is 0. The third kappa shape index (κ3) is 4.16. The summed E-state index contributed by atoms with van der Waals surface area (Å²) in [5.41, 5.74) is -2.56. The van der Waals surface area contributed by atoms with Crippen LogP contribution in [0, 0.1) is 11.6 Å². The number of cyclic esters (lactones) is 1. The smallest absolute Gasteiger partial charge is 0.414 e. The molecule has 3 aliphatic heterocycles. The number of ether oxygens (including phenoxy) is 3. The highest BCUT2D eigenvalue weighted by atomic mass is 19.1. The van der Waals surface area contributed by atoms with Crippen molar-refractivity contribution in [3.63, 3.8) is 0 Å². The van der Waals surface area contributed by atoms with Crippen LogP contribution >= 0.6 is 0 Å². The first kappa shape index (κ1) is 25.8. The number of halogens is 2. The molecular formula is C26H23F2N3O9. The van der Waals surface area contributed by atoms with E-state index in [1.54, 1.807) is 4.90 Å². The number of carboxylic acids is 1. The lowest BCUT2D eigenvalue weighted by molar-refractivity contribution is 0.00980. The van der Waals surface area contributed by atoms with Crippen molar-refractivity contribution in [2.45, 2.75) is 24.2 Å². The fraction of sp³-hybridized carbons (Fsp3) is 0.346. The number of pyridine rings is 1. The largest absolute Gasteiger partial charge is 0.487 e. The molecule has 2 fully saturated rings. The van der Waals surface area contributed by atoms with E-state index in [0.717, 1.165) is 18.3 Å². The van der Waals surface area contributed by atoms with Gasteiger partial charge in [0.25, 0.3) is 0 Å². The highest BCUT2D eigenvalue weighted by Crippen LogP contribution is 2.45. The van der Waals surface area contributed by atoms with Crippen molar-refractivity contribution in [3.8, 4) is 11.5 Å². The number of anilines is 2. The summed E-state index contributed by atoms with van der Waals surface area (Å²) in [5, 5.41) is 29.5. The van der Waals surface area contributed by atoms with Crippen molar-refractivity contribution in [2.75, 3.05) is 42.7 Å². The van der Waals surface area contributed by atoms with Crippen molar-refractivity contribution < 1.29 is 47.9 Å². The molecule has 2 aromatic carbocycles. The van der Waals surface area contributed by atoms with E-state index in [4.69, 9.17) is 14.2 Å². The second-order valence-corrected chi connectivity index (χ2v) is 10.0. The first-order valence-corrected chi connectivity index (χ1v) is 12.3. The number of H-pyrrole nitrogens is 1. The fourth-order valence-electron chi connectivity index (χ4n) is 5.43. The lowest BCUT2D eigenvalue weighted by atomic mass is 10.0. The third-order valence-corrected chi connectivity index (χ3v) is 7.32. The number of carbonyl (C=O) groups excluding carboxylic acids is 1. The van der Waals surface area contributed by atoms with Gasteiger partial charge < -0.3 is 39.4 Å². The van der Waals surface area contributed by atoms with Gasteiger partial charge >= 0.3 is 12.1 Å². The predicted molar refractivity (Wildman–Crippen MR) is 134 cm³/mol. The van der Waals surface area contributed by atoms with Gasteiger partial charge in [0.15, 0.2) is 23.1 Å². The Labute approximate surface area is 223 Å². The van der Waals surface area contributed by atoms with Crippen molar-refractivity contribution in [2.24, 2.45) is 0 Å². The van der Waals surface area contributed by atoms with Crippen LogP contribution in [-0.4, -0.2) is 83.0 Å². The van der Waals surface area contributed by atoms with Crippen LogP contribution in [0.5, 0.6) is 11.5 Å². The Morgan fingerprint density at radius 1 is 1.23 bits per heavy atom. The molecule has 0 bridgehead atoms. The van der Waals surface area contributed by atoms with Crippen LogP contribution in [0.2, 0.25) is 0 Å². The topological polar surface area (TPSA) is 162 Å². The number of hydrogen-bond acceptors (Lipinski definition) is 9. The number of amides is 1. The Bertz CT molecular complexity index is 1610. The standard InChI is InChI=1S/C26H23F2N3O9/c27-17-3-12(30-7-14(8-32)40-25(30)36)1-2-19(17)39-11-26(37)5-13-9-38-23-20-15(4-18(28)21(23)31(13)10-26)22(33)16(6-29-20)24(34)35/h1-4,6,13-14,32,37H,5,7-11H2,(H,29,33)(H,34,35)/t13-,14+,26-/m0/s1. The van der Waals surface area contributed by atoms with Gasteiger partial charge in [0.1, 0.15) is 36.2 Å². The first-order chi connectivity index (χ1) is 19.1. The molecule has 2 saturated heterocycles.